The predicted octanol–water partition coefficient (Wildman–Crippen LogP) is 1.99. The van der Waals surface area contributed by atoms with Gasteiger partial charge in [-0.1, -0.05) is 19.1 Å². The molecule has 0 fully saturated rings. The molecular formula is C13H19NO3. The molecule has 1 rings (SSSR count). The fourth-order valence-electron chi connectivity index (χ4n) is 1.84. The number of carboxylic acids is 1. The molecule has 1 N–H and O–H groups in total. The van der Waals surface area contributed by atoms with Gasteiger partial charge >= 0.3 is 5.97 Å². The zero-order valence-corrected chi connectivity index (χ0v) is 10.5. The van der Waals surface area contributed by atoms with Crippen molar-refractivity contribution in [2.75, 3.05) is 14.2 Å². The van der Waals surface area contributed by atoms with Gasteiger partial charge in [-0.25, -0.2) is 0 Å². The summed E-state index contributed by atoms with van der Waals surface area (Å²) in [6, 6.07) is 7.22. The predicted molar refractivity (Wildman–Crippen MR) is 66.2 cm³/mol. The van der Waals surface area contributed by atoms with E-state index in [0.717, 1.165) is 11.3 Å². The fraction of sp³-hybridized carbons (Fsp3) is 0.462. The summed E-state index contributed by atoms with van der Waals surface area (Å²) in [5.74, 6) is 0.0113. The van der Waals surface area contributed by atoms with Crippen LogP contribution in [0.4, 0.5) is 0 Å². The van der Waals surface area contributed by atoms with Gasteiger partial charge in [0.1, 0.15) is 11.8 Å². The standard InChI is InChI=1S/C13H19NO3/c1-4-12(13(15)16)14(2)9-10-6-5-7-11(8-10)17-3/h5-8,12H,4,9H2,1-3H3,(H,15,16). The molecule has 0 aliphatic heterocycles. The molecule has 4 heteroatoms. The van der Waals surface area contributed by atoms with Gasteiger partial charge in [-0.2, -0.15) is 0 Å². The maximum absolute atomic E-state index is 11.0. The molecule has 0 aliphatic rings. The van der Waals surface area contributed by atoms with Crippen molar-refractivity contribution < 1.29 is 14.6 Å². The normalized spacial score (nSPS) is 12.5. The van der Waals surface area contributed by atoms with Gasteiger partial charge in [-0.05, 0) is 31.2 Å². The van der Waals surface area contributed by atoms with Gasteiger partial charge in [-0.15, -0.1) is 0 Å². The van der Waals surface area contributed by atoms with Gasteiger partial charge in [0.2, 0.25) is 0 Å². The zero-order valence-electron chi connectivity index (χ0n) is 10.5. The molecule has 4 nitrogen and oxygen atoms in total. The van der Waals surface area contributed by atoms with E-state index in [4.69, 9.17) is 9.84 Å². The number of rotatable bonds is 6. The Balaban J connectivity index is 2.72. The van der Waals surface area contributed by atoms with E-state index in [1.807, 2.05) is 43.1 Å². The molecule has 94 valence electrons. The number of carboxylic acid groups (broad SMARTS) is 1. The third kappa shape index (κ3) is 3.75. The van der Waals surface area contributed by atoms with Gasteiger partial charge in [0.25, 0.3) is 0 Å². The first kappa shape index (κ1) is 13.5. The molecule has 0 amide bonds. The van der Waals surface area contributed by atoms with Crippen molar-refractivity contribution in [3.8, 4) is 5.75 Å². The lowest BCUT2D eigenvalue weighted by atomic mass is 10.1. The summed E-state index contributed by atoms with van der Waals surface area (Å²) in [5.41, 5.74) is 1.05. The largest absolute Gasteiger partial charge is 0.497 e. The minimum Gasteiger partial charge on any atom is -0.497 e. The Morgan fingerprint density at radius 3 is 2.76 bits per heavy atom. The van der Waals surface area contributed by atoms with Gasteiger partial charge in [0.05, 0.1) is 7.11 Å². The maximum Gasteiger partial charge on any atom is 0.320 e. The monoisotopic (exact) mass is 237 g/mol. The van der Waals surface area contributed by atoms with Crippen molar-refractivity contribution in [1.82, 2.24) is 4.90 Å². The van der Waals surface area contributed by atoms with E-state index in [9.17, 15) is 4.79 Å². The minimum atomic E-state index is -0.780. The highest BCUT2D eigenvalue weighted by molar-refractivity contribution is 5.73. The van der Waals surface area contributed by atoms with E-state index in [2.05, 4.69) is 0 Å². The number of hydrogen-bond donors (Lipinski definition) is 1. The molecule has 1 aromatic carbocycles. The lowest BCUT2D eigenvalue weighted by Crippen LogP contribution is -2.37. The minimum absolute atomic E-state index is 0.443. The number of ether oxygens (including phenoxy) is 1. The van der Waals surface area contributed by atoms with Gasteiger partial charge in [-0.3, -0.25) is 9.69 Å². The smallest absolute Gasteiger partial charge is 0.320 e. The zero-order chi connectivity index (χ0) is 12.8. The van der Waals surface area contributed by atoms with Crippen LogP contribution < -0.4 is 4.74 Å². The third-order valence-electron chi connectivity index (χ3n) is 2.77. The Kier molecular flexibility index (Phi) is 4.97. The van der Waals surface area contributed by atoms with Crippen LogP contribution in [-0.2, 0) is 11.3 Å². The highest BCUT2D eigenvalue weighted by Crippen LogP contribution is 2.15. The van der Waals surface area contributed by atoms with Crippen LogP contribution in [0.2, 0.25) is 0 Å². The molecule has 0 radical (unpaired) electrons. The van der Waals surface area contributed by atoms with E-state index >= 15 is 0 Å². The van der Waals surface area contributed by atoms with E-state index in [0.29, 0.717) is 13.0 Å². The van der Waals surface area contributed by atoms with Crippen molar-refractivity contribution in [1.29, 1.82) is 0 Å². The summed E-state index contributed by atoms with van der Waals surface area (Å²) in [7, 11) is 3.44. The first-order valence-electron chi connectivity index (χ1n) is 5.64. The second-order valence-electron chi connectivity index (χ2n) is 4.03. The summed E-state index contributed by atoms with van der Waals surface area (Å²) < 4.78 is 5.14. The molecule has 0 saturated heterocycles. The Hall–Kier alpha value is -1.55. The summed E-state index contributed by atoms with van der Waals surface area (Å²) in [4.78, 5) is 12.8. The molecule has 1 atom stereocenters. The molecule has 1 unspecified atom stereocenters. The maximum atomic E-state index is 11.0. The topological polar surface area (TPSA) is 49.8 Å². The van der Waals surface area contributed by atoms with Crippen LogP contribution in [0.5, 0.6) is 5.75 Å². The highest BCUT2D eigenvalue weighted by Gasteiger charge is 2.20. The average Bonchev–Trinajstić information content (AvgIpc) is 2.29. The lowest BCUT2D eigenvalue weighted by Gasteiger charge is -2.23. The number of nitrogens with zero attached hydrogens (tertiary/aromatic N) is 1. The molecule has 17 heavy (non-hydrogen) atoms. The van der Waals surface area contributed by atoms with Crippen LogP contribution in [0.15, 0.2) is 24.3 Å². The fourth-order valence-corrected chi connectivity index (χ4v) is 1.84. The highest BCUT2D eigenvalue weighted by atomic mass is 16.5. The molecule has 0 aromatic heterocycles. The van der Waals surface area contributed by atoms with Crippen LogP contribution in [-0.4, -0.2) is 36.2 Å². The van der Waals surface area contributed by atoms with E-state index in [-0.39, 0.29) is 0 Å². The molecule has 0 bridgehead atoms. The number of aliphatic carboxylic acids is 1. The molecule has 1 aromatic rings. The number of benzene rings is 1. The molecule has 0 aliphatic carbocycles. The van der Waals surface area contributed by atoms with Crippen molar-refractivity contribution in [3.05, 3.63) is 29.8 Å². The van der Waals surface area contributed by atoms with Crippen molar-refractivity contribution in [2.45, 2.75) is 25.9 Å². The van der Waals surface area contributed by atoms with Crippen LogP contribution >= 0.6 is 0 Å². The Bertz CT molecular complexity index is 379. The summed E-state index contributed by atoms with van der Waals surface area (Å²) >= 11 is 0. The average molecular weight is 237 g/mol. The number of hydrogen-bond acceptors (Lipinski definition) is 3. The molecular weight excluding hydrogens is 218 g/mol. The van der Waals surface area contributed by atoms with Crippen molar-refractivity contribution in [3.63, 3.8) is 0 Å². The Morgan fingerprint density at radius 1 is 1.53 bits per heavy atom. The number of carbonyl (C=O) groups is 1. The third-order valence-corrected chi connectivity index (χ3v) is 2.77. The van der Waals surface area contributed by atoms with Crippen LogP contribution in [0.1, 0.15) is 18.9 Å². The first-order valence-corrected chi connectivity index (χ1v) is 5.64. The number of methoxy groups -OCH3 is 1. The Labute approximate surface area is 102 Å². The van der Waals surface area contributed by atoms with Crippen LogP contribution in [0.3, 0.4) is 0 Å². The quantitative estimate of drug-likeness (QED) is 0.822. The van der Waals surface area contributed by atoms with E-state index in [1.165, 1.54) is 0 Å². The van der Waals surface area contributed by atoms with Gasteiger partial charge in [0, 0.05) is 6.54 Å². The summed E-state index contributed by atoms with van der Waals surface area (Å²) in [5, 5.41) is 9.06. The second kappa shape index (κ2) is 6.25. The van der Waals surface area contributed by atoms with E-state index < -0.39 is 12.0 Å². The first-order chi connectivity index (χ1) is 8.08. The van der Waals surface area contributed by atoms with E-state index in [1.54, 1.807) is 7.11 Å². The summed E-state index contributed by atoms with van der Waals surface area (Å²) in [6.45, 7) is 2.48. The van der Waals surface area contributed by atoms with Gasteiger partial charge < -0.3 is 9.84 Å². The Morgan fingerprint density at radius 2 is 2.24 bits per heavy atom. The SMILES string of the molecule is CCC(C(=O)O)N(C)Cc1cccc(OC)c1. The summed E-state index contributed by atoms with van der Waals surface area (Å²) in [6.07, 6.45) is 0.593. The molecule has 0 spiro atoms. The van der Waals surface area contributed by atoms with Crippen molar-refractivity contribution in [2.24, 2.45) is 0 Å². The molecule has 0 saturated carbocycles. The lowest BCUT2D eigenvalue weighted by molar-refractivity contribution is -0.143. The second-order valence-corrected chi connectivity index (χ2v) is 4.03. The number of likely N-dealkylation sites (N-methyl/N-ethyl adjacent to an activating group) is 1. The van der Waals surface area contributed by atoms with Gasteiger partial charge in [0.15, 0.2) is 0 Å². The van der Waals surface area contributed by atoms with Crippen molar-refractivity contribution >= 4 is 5.97 Å². The molecule has 0 heterocycles. The van der Waals surface area contributed by atoms with Crippen LogP contribution in [0, 0.1) is 0 Å². The van der Waals surface area contributed by atoms with Crippen LogP contribution in [0.25, 0.3) is 0 Å².